The maximum absolute atomic E-state index is 13.1. The van der Waals surface area contributed by atoms with Crippen molar-refractivity contribution in [3.63, 3.8) is 0 Å². The number of carbonyl (C=O) groups excluding carboxylic acids is 1. The summed E-state index contributed by atoms with van der Waals surface area (Å²) in [7, 11) is 1.63. The van der Waals surface area contributed by atoms with Crippen LogP contribution in [0.15, 0.2) is 83.5 Å². The molecule has 5 rings (SSSR count). The van der Waals surface area contributed by atoms with Crippen molar-refractivity contribution in [2.24, 2.45) is 0 Å². The van der Waals surface area contributed by atoms with Crippen LogP contribution in [0.25, 0.3) is 27.7 Å². The molecule has 4 aromatic rings. The zero-order valence-electron chi connectivity index (χ0n) is 19.8. The molecular weight excluding hydrogens is 460 g/mol. The van der Waals surface area contributed by atoms with Crippen LogP contribution in [0, 0.1) is 0 Å². The number of hydrogen-bond donors (Lipinski definition) is 0. The van der Waals surface area contributed by atoms with Crippen molar-refractivity contribution in [1.29, 1.82) is 0 Å². The highest BCUT2D eigenvalue weighted by Crippen LogP contribution is 2.37. The summed E-state index contributed by atoms with van der Waals surface area (Å²) in [5, 5.41) is 1.71. The molecule has 0 aliphatic carbocycles. The Hall–Kier alpha value is -3.70. The van der Waals surface area contributed by atoms with Gasteiger partial charge in [0.25, 0.3) is 0 Å². The van der Waals surface area contributed by atoms with Crippen molar-refractivity contribution in [1.82, 2.24) is 4.90 Å². The maximum atomic E-state index is 13.1. The number of piperazine rings is 1. The predicted molar refractivity (Wildman–Crippen MR) is 142 cm³/mol. The standard InChI is InChI=1S/C29H27ClN2O3/c1-20(15-29(33)32-13-11-31(12-14-32)23-10-6-9-22(30)16-23)24-17-25-26(21-7-4-3-5-8-21)19-35-28(25)18-27(24)34-2/h3-10,15-19H,11-14H2,1-2H3/b20-15+. The van der Waals surface area contributed by atoms with E-state index < -0.39 is 0 Å². The minimum atomic E-state index is 0.00544. The lowest BCUT2D eigenvalue weighted by molar-refractivity contribution is -0.126. The first kappa shape index (κ1) is 23.1. The van der Waals surface area contributed by atoms with Crippen LogP contribution < -0.4 is 9.64 Å². The smallest absolute Gasteiger partial charge is 0.246 e. The Balaban J connectivity index is 1.37. The normalized spacial score (nSPS) is 14.4. The third-order valence-electron chi connectivity index (χ3n) is 6.51. The summed E-state index contributed by atoms with van der Waals surface area (Å²) in [5.74, 6) is 0.685. The average molecular weight is 487 g/mol. The molecule has 1 amide bonds. The predicted octanol–water partition coefficient (Wildman–Crippen LogP) is 6.51. The second-order valence-electron chi connectivity index (χ2n) is 8.68. The van der Waals surface area contributed by atoms with Crippen LogP contribution in [0.2, 0.25) is 5.02 Å². The zero-order valence-corrected chi connectivity index (χ0v) is 20.6. The van der Waals surface area contributed by atoms with Gasteiger partial charge in [0.15, 0.2) is 0 Å². The summed E-state index contributed by atoms with van der Waals surface area (Å²) in [4.78, 5) is 17.3. The highest BCUT2D eigenvalue weighted by molar-refractivity contribution is 6.30. The summed E-state index contributed by atoms with van der Waals surface area (Å²) < 4.78 is 11.5. The van der Waals surface area contributed by atoms with Gasteiger partial charge in [-0.2, -0.15) is 0 Å². The molecule has 0 saturated carbocycles. The number of benzene rings is 3. The van der Waals surface area contributed by atoms with E-state index in [0.717, 1.165) is 57.0 Å². The molecule has 0 spiro atoms. The molecule has 6 heteroatoms. The number of allylic oxidation sites excluding steroid dienone is 1. The molecule has 0 unspecified atom stereocenters. The first-order valence-electron chi connectivity index (χ1n) is 11.7. The van der Waals surface area contributed by atoms with Crippen molar-refractivity contribution < 1.29 is 13.9 Å². The molecule has 1 saturated heterocycles. The number of fused-ring (bicyclic) bond motifs is 1. The van der Waals surface area contributed by atoms with Gasteiger partial charge < -0.3 is 19.0 Å². The van der Waals surface area contributed by atoms with Crippen molar-refractivity contribution in [2.45, 2.75) is 6.92 Å². The second-order valence-corrected chi connectivity index (χ2v) is 9.12. The minimum Gasteiger partial charge on any atom is -0.496 e. The number of halogens is 1. The first-order valence-corrected chi connectivity index (χ1v) is 12.0. The lowest BCUT2D eigenvalue weighted by Gasteiger charge is -2.35. The van der Waals surface area contributed by atoms with Gasteiger partial charge in [-0.25, -0.2) is 0 Å². The lowest BCUT2D eigenvalue weighted by atomic mass is 9.99. The monoisotopic (exact) mass is 486 g/mol. The lowest BCUT2D eigenvalue weighted by Crippen LogP contribution is -2.48. The number of furan rings is 1. The van der Waals surface area contributed by atoms with Gasteiger partial charge in [0, 0.05) is 65.5 Å². The Morgan fingerprint density at radius 2 is 1.77 bits per heavy atom. The SMILES string of the molecule is COc1cc2occ(-c3ccccc3)c2cc1/C(C)=C/C(=O)N1CCN(c2cccc(Cl)c2)CC1. The van der Waals surface area contributed by atoms with Crippen molar-refractivity contribution >= 4 is 39.7 Å². The van der Waals surface area contributed by atoms with Crippen LogP contribution in [0.4, 0.5) is 5.69 Å². The van der Waals surface area contributed by atoms with Gasteiger partial charge in [-0.1, -0.05) is 48.0 Å². The first-order chi connectivity index (χ1) is 17.0. The molecule has 1 aliphatic rings. The molecule has 1 aliphatic heterocycles. The molecule has 2 heterocycles. The molecular formula is C29H27ClN2O3. The van der Waals surface area contributed by atoms with Gasteiger partial charge in [-0.05, 0) is 42.3 Å². The van der Waals surface area contributed by atoms with Crippen LogP contribution >= 0.6 is 11.6 Å². The van der Waals surface area contributed by atoms with Gasteiger partial charge >= 0.3 is 0 Å². The summed E-state index contributed by atoms with van der Waals surface area (Å²) >= 11 is 6.14. The van der Waals surface area contributed by atoms with E-state index in [9.17, 15) is 4.79 Å². The largest absolute Gasteiger partial charge is 0.496 e. The Morgan fingerprint density at radius 1 is 1.00 bits per heavy atom. The number of carbonyl (C=O) groups is 1. The van der Waals surface area contributed by atoms with Crippen molar-refractivity contribution in [2.75, 3.05) is 38.2 Å². The second kappa shape index (κ2) is 9.88. The van der Waals surface area contributed by atoms with Crippen molar-refractivity contribution in [3.05, 3.63) is 89.7 Å². The van der Waals surface area contributed by atoms with Gasteiger partial charge in [-0.15, -0.1) is 0 Å². The van der Waals surface area contributed by atoms with E-state index >= 15 is 0 Å². The third-order valence-corrected chi connectivity index (χ3v) is 6.75. The number of ether oxygens (including phenoxy) is 1. The molecule has 0 N–H and O–H groups in total. The van der Waals surface area contributed by atoms with E-state index in [1.807, 2.05) is 54.3 Å². The van der Waals surface area contributed by atoms with E-state index in [0.29, 0.717) is 18.8 Å². The van der Waals surface area contributed by atoms with Gasteiger partial charge in [-0.3, -0.25) is 4.79 Å². The fourth-order valence-electron chi connectivity index (χ4n) is 4.59. The fraction of sp³-hybridized carbons (Fsp3) is 0.207. The Morgan fingerprint density at radius 3 is 2.49 bits per heavy atom. The van der Waals surface area contributed by atoms with Crippen LogP contribution in [-0.2, 0) is 4.79 Å². The fourth-order valence-corrected chi connectivity index (χ4v) is 4.77. The number of rotatable bonds is 5. The summed E-state index contributed by atoms with van der Waals surface area (Å²) in [6.45, 7) is 4.80. The van der Waals surface area contributed by atoms with Gasteiger partial charge in [0.2, 0.25) is 5.91 Å². The van der Waals surface area contributed by atoms with E-state index in [4.69, 9.17) is 20.8 Å². The summed E-state index contributed by atoms with van der Waals surface area (Å²) in [5.41, 5.74) is 5.67. The number of nitrogens with zero attached hydrogens (tertiary/aromatic N) is 2. The van der Waals surface area contributed by atoms with Crippen LogP contribution in [-0.4, -0.2) is 44.1 Å². The van der Waals surface area contributed by atoms with E-state index in [1.165, 1.54) is 0 Å². The quantitative estimate of drug-likeness (QED) is 0.301. The van der Waals surface area contributed by atoms with Gasteiger partial charge in [0.1, 0.15) is 11.3 Å². The molecule has 0 bridgehead atoms. The third kappa shape index (κ3) is 4.77. The molecule has 1 fully saturated rings. The van der Waals surface area contributed by atoms with Crippen LogP contribution in [0.1, 0.15) is 12.5 Å². The topological polar surface area (TPSA) is 45.9 Å². The molecule has 5 nitrogen and oxygen atoms in total. The molecule has 0 atom stereocenters. The average Bonchev–Trinajstić information content (AvgIpc) is 3.31. The molecule has 35 heavy (non-hydrogen) atoms. The highest BCUT2D eigenvalue weighted by Gasteiger charge is 2.21. The molecule has 1 aromatic heterocycles. The number of anilines is 1. The van der Waals surface area contributed by atoms with E-state index in [1.54, 1.807) is 19.4 Å². The molecule has 178 valence electrons. The van der Waals surface area contributed by atoms with Crippen LogP contribution in [0.5, 0.6) is 5.75 Å². The Kier molecular flexibility index (Phi) is 6.51. The number of amides is 1. The van der Waals surface area contributed by atoms with Crippen molar-refractivity contribution in [3.8, 4) is 16.9 Å². The minimum absolute atomic E-state index is 0.00544. The highest BCUT2D eigenvalue weighted by atomic mass is 35.5. The Bertz CT molecular complexity index is 1390. The number of methoxy groups -OCH3 is 1. The van der Waals surface area contributed by atoms with Gasteiger partial charge in [0.05, 0.1) is 13.4 Å². The maximum Gasteiger partial charge on any atom is 0.246 e. The number of hydrogen-bond acceptors (Lipinski definition) is 4. The molecule has 3 aromatic carbocycles. The van der Waals surface area contributed by atoms with Crippen LogP contribution in [0.3, 0.4) is 0 Å². The van der Waals surface area contributed by atoms with E-state index in [-0.39, 0.29) is 5.91 Å². The molecule has 0 radical (unpaired) electrons. The van der Waals surface area contributed by atoms with E-state index in [2.05, 4.69) is 29.2 Å². The summed E-state index contributed by atoms with van der Waals surface area (Å²) in [6, 6.07) is 21.9. The Labute approximate surface area is 210 Å². The summed E-state index contributed by atoms with van der Waals surface area (Å²) in [6.07, 6.45) is 3.48. The zero-order chi connectivity index (χ0) is 24.4.